The highest BCUT2D eigenvalue weighted by Crippen LogP contribution is 2.30. The molecule has 2 N–H and O–H groups in total. The minimum atomic E-state index is -1.23. The second-order valence-electron chi connectivity index (χ2n) is 9.09. The van der Waals surface area contributed by atoms with Crippen molar-refractivity contribution in [2.75, 3.05) is 13.2 Å². The van der Waals surface area contributed by atoms with E-state index >= 15 is 0 Å². The number of pyridine rings is 1. The topological polar surface area (TPSA) is 100.0 Å². The van der Waals surface area contributed by atoms with Gasteiger partial charge >= 0.3 is 5.97 Å². The van der Waals surface area contributed by atoms with Crippen LogP contribution in [0.3, 0.4) is 0 Å². The molecule has 1 amide bonds. The second-order valence-corrected chi connectivity index (χ2v) is 10.0. The number of aromatic nitrogens is 1. The summed E-state index contributed by atoms with van der Waals surface area (Å²) in [5, 5.41) is 22.3. The maximum atomic E-state index is 13.7. The Kier molecular flexibility index (Phi) is 10.2. The van der Waals surface area contributed by atoms with Crippen LogP contribution in [0.15, 0.2) is 90.4 Å². The molecule has 0 aliphatic rings. The molecule has 0 bridgehead atoms. The molecule has 0 fully saturated rings. The molecule has 2 aromatic carbocycles. The summed E-state index contributed by atoms with van der Waals surface area (Å²) >= 11 is 1.64. The van der Waals surface area contributed by atoms with Crippen molar-refractivity contribution in [1.82, 2.24) is 9.88 Å². The van der Waals surface area contributed by atoms with E-state index in [-0.39, 0.29) is 18.9 Å². The third kappa shape index (κ3) is 7.99. The smallest absolute Gasteiger partial charge is 0.303 e. The average molecular weight is 545 g/mol. The number of nitrogens with zero attached hydrogens (tertiary/aromatic N) is 2. The predicted molar refractivity (Wildman–Crippen MR) is 152 cm³/mol. The summed E-state index contributed by atoms with van der Waals surface area (Å²) in [6, 6.07) is 24.2. The molecule has 1 unspecified atom stereocenters. The molecule has 0 aliphatic carbocycles. The maximum absolute atomic E-state index is 13.7. The Bertz CT molecular complexity index is 1330. The number of benzene rings is 2. The summed E-state index contributed by atoms with van der Waals surface area (Å²) in [5.41, 5.74) is 2.82. The standard InChI is InChI=1S/C31H32N2O5S/c34-29(35)13-2-1-7-21-38-27-11-4-3-10-26(27)31(37)33(20-18-25-9-5-6-19-32-25)30(36)24-16-14-23(15-17-24)28-12-8-22-39-28/h3-6,8-12,14-17,19,22,31,37H,1-2,7,13,18,20-21H2,(H,34,35). The Labute approximate surface area is 232 Å². The molecule has 8 heteroatoms. The van der Waals surface area contributed by atoms with Crippen LogP contribution in [0.5, 0.6) is 5.75 Å². The van der Waals surface area contributed by atoms with Crippen molar-refractivity contribution in [3.8, 4) is 16.2 Å². The predicted octanol–water partition coefficient (Wildman–Crippen LogP) is 6.21. The van der Waals surface area contributed by atoms with Crippen LogP contribution >= 0.6 is 11.3 Å². The lowest BCUT2D eigenvalue weighted by Gasteiger charge is -2.29. The van der Waals surface area contributed by atoms with E-state index in [0.29, 0.717) is 42.7 Å². The number of carboxylic acids is 1. The van der Waals surface area contributed by atoms with E-state index in [4.69, 9.17) is 9.84 Å². The number of hydrogen-bond acceptors (Lipinski definition) is 6. The van der Waals surface area contributed by atoms with Crippen molar-refractivity contribution in [2.45, 2.75) is 38.3 Å². The first kappa shape index (κ1) is 28.0. The number of hydrogen-bond donors (Lipinski definition) is 2. The van der Waals surface area contributed by atoms with E-state index in [1.54, 1.807) is 47.9 Å². The van der Waals surface area contributed by atoms with Gasteiger partial charge in [-0.2, -0.15) is 0 Å². The summed E-state index contributed by atoms with van der Waals surface area (Å²) in [6.45, 7) is 0.641. The van der Waals surface area contributed by atoms with Gasteiger partial charge in [0.15, 0.2) is 6.23 Å². The van der Waals surface area contributed by atoms with Gasteiger partial charge in [-0.25, -0.2) is 0 Å². The van der Waals surface area contributed by atoms with Crippen LogP contribution in [0, 0.1) is 0 Å². The molecule has 39 heavy (non-hydrogen) atoms. The van der Waals surface area contributed by atoms with Crippen LogP contribution < -0.4 is 4.74 Å². The molecular formula is C31H32N2O5S. The fourth-order valence-corrected chi connectivity index (χ4v) is 4.97. The van der Waals surface area contributed by atoms with Crippen molar-refractivity contribution in [3.05, 3.63) is 107 Å². The van der Waals surface area contributed by atoms with Gasteiger partial charge < -0.3 is 19.8 Å². The molecule has 202 valence electrons. The van der Waals surface area contributed by atoms with Crippen molar-refractivity contribution in [1.29, 1.82) is 0 Å². The number of aliphatic hydroxyl groups excluding tert-OH is 1. The number of aliphatic hydroxyl groups is 1. The second kappa shape index (κ2) is 14.2. The van der Waals surface area contributed by atoms with Crippen molar-refractivity contribution >= 4 is 23.2 Å². The van der Waals surface area contributed by atoms with Gasteiger partial charge in [0.05, 0.1) is 6.61 Å². The zero-order valence-electron chi connectivity index (χ0n) is 21.6. The number of unbranched alkanes of at least 4 members (excludes halogenated alkanes) is 2. The molecule has 2 heterocycles. The zero-order valence-corrected chi connectivity index (χ0v) is 22.4. The molecule has 4 aromatic rings. The highest BCUT2D eigenvalue weighted by molar-refractivity contribution is 7.13. The first-order valence-corrected chi connectivity index (χ1v) is 13.9. The minimum absolute atomic E-state index is 0.136. The fourth-order valence-electron chi connectivity index (χ4n) is 4.23. The molecule has 2 aromatic heterocycles. The van der Waals surface area contributed by atoms with E-state index in [1.165, 1.54) is 4.90 Å². The summed E-state index contributed by atoms with van der Waals surface area (Å²) in [5.74, 6) is -0.604. The average Bonchev–Trinajstić information content (AvgIpc) is 3.51. The Balaban J connectivity index is 1.51. The maximum Gasteiger partial charge on any atom is 0.303 e. The van der Waals surface area contributed by atoms with Gasteiger partial charge in [-0.3, -0.25) is 14.6 Å². The minimum Gasteiger partial charge on any atom is -0.493 e. The Morgan fingerprint density at radius 1 is 0.923 bits per heavy atom. The zero-order chi connectivity index (χ0) is 27.5. The highest BCUT2D eigenvalue weighted by Gasteiger charge is 2.27. The van der Waals surface area contributed by atoms with Gasteiger partial charge in [-0.1, -0.05) is 42.5 Å². The fraction of sp³-hybridized carbons (Fsp3) is 0.258. The number of amides is 1. The van der Waals surface area contributed by atoms with Gasteiger partial charge in [0.1, 0.15) is 5.75 Å². The summed E-state index contributed by atoms with van der Waals surface area (Å²) in [4.78, 5) is 31.4. The molecule has 1 atom stereocenters. The number of carboxylic acid groups (broad SMARTS) is 1. The quantitative estimate of drug-likeness (QED) is 0.145. The lowest BCUT2D eigenvalue weighted by atomic mass is 10.1. The van der Waals surface area contributed by atoms with E-state index in [1.807, 2.05) is 53.9 Å². The van der Waals surface area contributed by atoms with Gasteiger partial charge in [0, 0.05) is 47.3 Å². The number of thiophene rings is 1. The number of ether oxygens (including phenoxy) is 1. The Morgan fingerprint density at radius 3 is 2.44 bits per heavy atom. The van der Waals surface area contributed by atoms with E-state index in [2.05, 4.69) is 4.98 Å². The summed E-state index contributed by atoms with van der Waals surface area (Å²) < 4.78 is 5.96. The van der Waals surface area contributed by atoms with Crippen LogP contribution in [-0.4, -0.2) is 45.1 Å². The van der Waals surface area contributed by atoms with Crippen molar-refractivity contribution in [3.63, 3.8) is 0 Å². The number of carbonyl (C=O) groups excluding carboxylic acids is 1. The number of aliphatic carboxylic acids is 1. The lowest BCUT2D eigenvalue weighted by Crippen LogP contribution is -2.37. The first-order valence-electron chi connectivity index (χ1n) is 13.0. The molecule has 0 radical (unpaired) electrons. The number of para-hydroxylation sites is 1. The van der Waals surface area contributed by atoms with E-state index in [0.717, 1.165) is 22.6 Å². The van der Waals surface area contributed by atoms with E-state index < -0.39 is 12.2 Å². The van der Waals surface area contributed by atoms with Crippen molar-refractivity contribution in [2.24, 2.45) is 0 Å². The molecular weight excluding hydrogens is 512 g/mol. The van der Waals surface area contributed by atoms with Gasteiger partial charge in [-0.05, 0) is 66.6 Å². The molecule has 0 saturated heterocycles. The molecule has 4 rings (SSSR count). The Morgan fingerprint density at radius 2 is 1.72 bits per heavy atom. The SMILES string of the molecule is O=C(O)CCCCCOc1ccccc1C(O)N(CCc1ccccn1)C(=O)c1ccc(-c2cccs2)cc1. The number of carbonyl (C=O) groups is 2. The summed E-state index contributed by atoms with van der Waals surface area (Å²) in [7, 11) is 0. The number of rotatable bonds is 14. The highest BCUT2D eigenvalue weighted by atomic mass is 32.1. The third-order valence-electron chi connectivity index (χ3n) is 6.32. The van der Waals surface area contributed by atoms with Gasteiger partial charge in [-0.15, -0.1) is 11.3 Å². The van der Waals surface area contributed by atoms with Crippen LogP contribution in [0.2, 0.25) is 0 Å². The van der Waals surface area contributed by atoms with Gasteiger partial charge in [0.2, 0.25) is 0 Å². The lowest BCUT2D eigenvalue weighted by molar-refractivity contribution is -0.137. The first-order chi connectivity index (χ1) is 19.0. The van der Waals surface area contributed by atoms with Crippen LogP contribution in [0.4, 0.5) is 0 Å². The molecule has 0 aliphatic heterocycles. The third-order valence-corrected chi connectivity index (χ3v) is 7.24. The van der Waals surface area contributed by atoms with E-state index in [9.17, 15) is 14.7 Å². The molecule has 0 spiro atoms. The van der Waals surface area contributed by atoms with Crippen molar-refractivity contribution < 1.29 is 24.5 Å². The van der Waals surface area contributed by atoms with Crippen LogP contribution in [-0.2, 0) is 11.2 Å². The molecule has 7 nitrogen and oxygen atoms in total. The normalized spacial score (nSPS) is 11.6. The van der Waals surface area contributed by atoms with Gasteiger partial charge in [0.25, 0.3) is 5.91 Å². The Hall–Kier alpha value is -4.01. The van der Waals surface area contributed by atoms with Crippen LogP contribution in [0.1, 0.15) is 53.5 Å². The monoisotopic (exact) mass is 544 g/mol. The summed E-state index contributed by atoms with van der Waals surface area (Å²) in [6.07, 6.45) is 3.09. The van der Waals surface area contributed by atoms with Crippen LogP contribution in [0.25, 0.3) is 10.4 Å². The largest absolute Gasteiger partial charge is 0.493 e. The molecule has 0 saturated carbocycles.